The third-order valence-electron chi connectivity index (χ3n) is 4.99. The van der Waals surface area contributed by atoms with Gasteiger partial charge in [0.25, 0.3) is 0 Å². The molecule has 6 nitrogen and oxygen atoms in total. The highest BCUT2D eigenvalue weighted by molar-refractivity contribution is 5.86. The van der Waals surface area contributed by atoms with Crippen LogP contribution in [0.25, 0.3) is 0 Å². The van der Waals surface area contributed by atoms with E-state index in [1.54, 1.807) is 6.92 Å². The Hall–Kier alpha value is -3.28. The van der Waals surface area contributed by atoms with Crippen molar-refractivity contribution < 1.29 is 14.3 Å². The van der Waals surface area contributed by atoms with E-state index in [0.29, 0.717) is 26.1 Å². The van der Waals surface area contributed by atoms with Gasteiger partial charge in [-0.25, -0.2) is 0 Å². The lowest BCUT2D eigenvalue weighted by Gasteiger charge is -2.24. The van der Waals surface area contributed by atoms with Crippen LogP contribution in [0.1, 0.15) is 32.8 Å². The number of carbonyl (C=O) groups is 2. The highest BCUT2D eigenvalue weighted by atomic mass is 16.5. The van der Waals surface area contributed by atoms with E-state index in [1.165, 1.54) is 12.0 Å². The molecule has 0 aliphatic carbocycles. The van der Waals surface area contributed by atoms with Crippen molar-refractivity contribution in [1.82, 2.24) is 5.32 Å². The summed E-state index contributed by atoms with van der Waals surface area (Å²) in [5, 5.41) is 2.88. The van der Waals surface area contributed by atoms with Crippen LogP contribution in [0.5, 0.6) is 5.75 Å². The van der Waals surface area contributed by atoms with Crippen molar-refractivity contribution in [1.29, 1.82) is 0 Å². The van der Waals surface area contributed by atoms with Gasteiger partial charge in [-0.05, 0) is 50.1 Å². The molecule has 3 N–H and O–H groups in total. The van der Waals surface area contributed by atoms with Crippen LogP contribution in [0.2, 0.25) is 0 Å². The van der Waals surface area contributed by atoms with Crippen molar-refractivity contribution >= 4 is 17.5 Å². The number of rotatable bonds is 13. The Kier molecular flexibility index (Phi) is 10.3. The quantitative estimate of drug-likeness (QED) is 0.467. The number of nitrogens with zero attached hydrogens (tertiary/aromatic N) is 1. The van der Waals surface area contributed by atoms with E-state index in [0.717, 1.165) is 23.5 Å². The van der Waals surface area contributed by atoms with Gasteiger partial charge < -0.3 is 20.7 Å². The maximum absolute atomic E-state index is 12.0. The van der Waals surface area contributed by atoms with Crippen LogP contribution < -0.4 is 20.7 Å². The van der Waals surface area contributed by atoms with Crippen LogP contribution in [0.4, 0.5) is 5.69 Å². The number of benzene rings is 2. The Bertz CT molecular complexity index is 875. The lowest BCUT2D eigenvalue weighted by Crippen LogP contribution is -2.35. The number of primary amides is 1. The summed E-state index contributed by atoms with van der Waals surface area (Å²) in [4.78, 5) is 25.3. The predicted octanol–water partition coefficient (Wildman–Crippen LogP) is 3.87. The van der Waals surface area contributed by atoms with E-state index in [2.05, 4.69) is 30.1 Å². The summed E-state index contributed by atoms with van der Waals surface area (Å²) >= 11 is 0. The maximum atomic E-state index is 12.0. The lowest BCUT2D eigenvalue weighted by molar-refractivity contribution is -0.121. The number of amides is 2. The third kappa shape index (κ3) is 9.25. The van der Waals surface area contributed by atoms with E-state index in [9.17, 15) is 9.59 Å². The fourth-order valence-corrected chi connectivity index (χ4v) is 2.90. The summed E-state index contributed by atoms with van der Waals surface area (Å²) in [6.45, 7) is 8.25. The first-order valence-electron chi connectivity index (χ1n) is 10.9. The molecule has 171 valence electrons. The van der Waals surface area contributed by atoms with Gasteiger partial charge in [0.1, 0.15) is 12.4 Å². The Balaban J connectivity index is 1.89. The van der Waals surface area contributed by atoms with Gasteiger partial charge in [0, 0.05) is 31.2 Å². The molecule has 1 radical (unpaired) electrons. The van der Waals surface area contributed by atoms with E-state index in [1.807, 2.05) is 54.6 Å². The Morgan fingerprint density at radius 2 is 1.78 bits per heavy atom. The van der Waals surface area contributed by atoms with Crippen LogP contribution in [0, 0.1) is 12.3 Å². The summed E-state index contributed by atoms with van der Waals surface area (Å²) in [6.07, 6.45) is 3.98. The second kappa shape index (κ2) is 13.2. The third-order valence-corrected chi connectivity index (χ3v) is 4.99. The molecule has 0 heterocycles. The summed E-state index contributed by atoms with van der Waals surface area (Å²) < 4.78 is 5.88. The van der Waals surface area contributed by atoms with E-state index < -0.39 is 5.91 Å². The zero-order chi connectivity index (χ0) is 23.3. The molecule has 0 saturated carbocycles. The Morgan fingerprint density at radius 1 is 1.09 bits per heavy atom. The van der Waals surface area contributed by atoms with E-state index in [4.69, 9.17) is 10.5 Å². The van der Waals surface area contributed by atoms with Gasteiger partial charge in [-0.2, -0.15) is 0 Å². The second-order valence-corrected chi connectivity index (χ2v) is 8.03. The largest absolute Gasteiger partial charge is 0.489 e. The second-order valence-electron chi connectivity index (χ2n) is 8.03. The van der Waals surface area contributed by atoms with E-state index in [-0.39, 0.29) is 11.8 Å². The summed E-state index contributed by atoms with van der Waals surface area (Å²) in [5.74, 6) is -0.133. The number of ether oxygens (including phenoxy) is 1. The first kappa shape index (κ1) is 25.0. The van der Waals surface area contributed by atoms with Gasteiger partial charge in [0.2, 0.25) is 11.8 Å². The average Bonchev–Trinajstić information content (AvgIpc) is 2.79. The van der Waals surface area contributed by atoms with Gasteiger partial charge in [-0.15, -0.1) is 0 Å². The molecule has 0 bridgehead atoms. The van der Waals surface area contributed by atoms with Gasteiger partial charge in [0.05, 0.1) is 6.42 Å². The molecule has 6 heteroatoms. The molecule has 1 atom stereocenters. The number of allylic oxidation sites excluding steroid dienone is 1. The molecule has 0 fully saturated rings. The minimum absolute atomic E-state index is 0.190. The van der Waals surface area contributed by atoms with Crippen LogP contribution in [0.3, 0.4) is 0 Å². The first-order chi connectivity index (χ1) is 15.3. The fraction of sp³-hybridized carbons (Fsp3) is 0.346. The number of carbonyl (C=O) groups excluding carboxylic acids is 2. The van der Waals surface area contributed by atoms with Crippen molar-refractivity contribution in [2.45, 2.75) is 33.8 Å². The topological polar surface area (TPSA) is 84.7 Å². The van der Waals surface area contributed by atoms with Gasteiger partial charge in [0.15, 0.2) is 0 Å². The molecular formula is C26H34N3O3. The molecule has 0 aliphatic rings. The molecule has 0 saturated heterocycles. The molecular weight excluding hydrogens is 402 g/mol. The van der Waals surface area contributed by atoms with E-state index >= 15 is 0 Å². The number of anilines is 1. The first-order valence-corrected chi connectivity index (χ1v) is 10.9. The predicted molar refractivity (Wildman–Crippen MR) is 129 cm³/mol. The van der Waals surface area contributed by atoms with Crippen molar-refractivity contribution in [3.8, 4) is 5.75 Å². The van der Waals surface area contributed by atoms with Crippen LogP contribution >= 0.6 is 0 Å². The minimum atomic E-state index is -0.404. The lowest BCUT2D eigenvalue weighted by atomic mass is 10.1. The summed E-state index contributed by atoms with van der Waals surface area (Å²) in [6, 6.07) is 18.0. The monoisotopic (exact) mass is 436 g/mol. The molecule has 2 aromatic carbocycles. The maximum Gasteiger partial charge on any atom is 0.224 e. The number of hydrogen-bond donors (Lipinski definition) is 2. The number of nitrogens with two attached hydrogens (primary N) is 1. The van der Waals surface area contributed by atoms with Crippen LogP contribution in [-0.4, -0.2) is 31.4 Å². The molecule has 1 unspecified atom stereocenters. The molecule has 2 amide bonds. The molecule has 2 rings (SSSR count). The number of hydrogen-bond acceptors (Lipinski definition) is 4. The van der Waals surface area contributed by atoms with Crippen LogP contribution in [-0.2, 0) is 16.2 Å². The normalized spacial score (nSPS) is 11.3. The Labute approximate surface area is 191 Å². The molecule has 0 aromatic heterocycles. The minimum Gasteiger partial charge on any atom is -0.489 e. The smallest absolute Gasteiger partial charge is 0.224 e. The summed E-state index contributed by atoms with van der Waals surface area (Å²) in [5.41, 5.74) is 8.64. The highest BCUT2D eigenvalue weighted by Gasteiger charge is 2.12. The van der Waals surface area contributed by atoms with Gasteiger partial charge in [-0.3, -0.25) is 9.59 Å². The highest BCUT2D eigenvalue weighted by Crippen LogP contribution is 2.20. The standard InChI is InChI=1S/C26H34N3O3/c1-20(2)15-17-29(18-16-28-25(30)14-9-21(3)26(27)31)23-10-12-24(13-11-23)32-19-22-7-5-4-6-8-22/h4-8,10-15,21H,9,16-19H2,1-3H3,(H2,27,31)(H,28,30). The summed E-state index contributed by atoms with van der Waals surface area (Å²) in [7, 11) is 0. The Morgan fingerprint density at radius 3 is 2.41 bits per heavy atom. The molecule has 2 aromatic rings. The fourth-order valence-electron chi connectivity index (χ4n) is 2.90. The van der Waals surface area contributed by atoms with Crippen molar-refractivity contribution in [3.63, 3.8) is 0 Å². The zero-order valence-electron chi connectivity index (χ0n) is 19.2. The van der Waals surface area contributed by atoms with Gasteiger partial charge in [-0.1, -0.05) is 48.9 Å². The van der Waals surface area contributed by atoms with Crippen molar-refractivity contribution in [3.05, 3.63) is 78.2 Å². The average molecular weight is 437 g/mol. The van der Waals surface area contributed by atoms with Gasteiger partial charge >= 0.3 is 0 Å². The van der Waals surface area contributed by atoms with Crippen LogP contribution in [0.15, 0.2) is 66.2 Å². The zero-order valence-corrected chi connectivity index (χ0v) is 19.2. The number of nitrogens with one attached hydrogen (secondary N) is 1. The molecule has 0 aliphatic heterocycles. The SMILES string of the molecule is CC(C)=CCN(CCNC(=O)[CH]CC(C)C(N)=O)c1ccc(OCc2ccccc2)cc1. The van der Waals surface area contributed by atoms with Crippen molar-refractivity contribution in [2.75, 3.05) is 24.5 Å². The molecule has 0 spiro atoms. The molecule has 32 heavy (non-hydrogen) atoms. The van der Waals surface area contributed by atoms with Crippen molar-refractivity contribution in [2.24, 2.45) is 11.7 Å².